The number of carbonyl (C=O) groups excluding carboxylic acids is 2. The van der Waals surface area contributed by atoms with Crippen LogP contribution in [0.2, 0.25) is 0 Å². The van der Waals surface area contributed by atoms with Crippen LogP contribution >= 0.6 is 0 Å². The molecule has 0 fully saturated rings. The fourth-order valence-corrected chi connectivity index (χ4v) is 3.53. The fourth-order valence-electron chi connectivity index (χ4n) is 3.53. The van der Waals surface area contributed by atoms with E-state index in [1.165, 1.54) is 0 Å². The van der Waals surface area contributed by atoms with Crippen molar-refractivity contribution < 1.29 is 23.2 Å². The SMILES string of the molecule is Cc1c(C(=O)OCC(=O)c2cc(C)n(Cc3ccco3)c2C)oc2ccccc12. The van der Waals surface area contributed by atoms with Crippen molar-refractivity contribution in [1.82, 2.24) is 4.57 Å². The third-order valence-electron chi connectivity index (χ3n) is 5.13. The lowest BCUT2D eigenvalue weighted by atomic mass is 10.1. The topological polar surface area (TPSA) is 74.6 Å². The van der Waals surface area contributed by atoms with Crippen molar-refractivity contribution in [3.63, 3.8) is 0 Å². The minimum atomic E-state index is -0.642. The van der Waals surface area contributed by atoms with Gasteiger partial charge in [-0.3, -0.25) is 4.79 Å². The molecule has 0 N–H and O–H groups in total. The number of esters is 1. The molecule has 29 heavy (non-hydrogen) atoms. The van der Waals surface area contributed by atoms with E-state index in [-0.39, 0.29) is 18.2 Å². The van der Waals surface area contributed by atoms with Gasteiger partial charge in [-0.2, -0.15) is 0 Å². The lowest BCUT2D eigenvalue weighted by Crippen LogP contribution is -2.15. The third-order valence-corrected chi connectivity index (χ3v) is 5.13. The fraction of sp³-hybridized carbons (Fsp3) is 0.217. The van der Waals surface area contributed by atoms with Gasteiger partial charge in [0.05, 0.1) is 12.8 Å². The molecule has 0 saturated carbocycles. The van der Waals surface area contributed by atoms with Crippen molar-refractivity contribution in [3.05, 3.63) is 82.8 Å². The highest BCUT2D eigenvalue weighted by Gasteiger charge is 2.22. The van der Waals surface area contributed by atoms with Gasteiger partial charge in [-0.05, 0) is 45.0 Å². The van der Waals surface area contributed by atoms with Crippen molar-refractivity contribution in [3.8, 4) is 0 Å². The number of aromatic nitrogens is 1. The number of rotatable bonds is 6. The Morgan fingerprint density at radius 2 is 1.86 bits per heavy atom. The van der Waals surface area contributed by atoms with Gasteiger partial charge in [-0.15, -0.1) is 0 Å². The molecule has 0 aliphatic heterocycles. The number of benzene rings is 1. The Labute approximate surface area is 167 Å². The van der Waals surface area contributed by atoms with Crippen LogP contribution in [0, 0.1) is 20.8 Å². The van der Waals surface area contributed by atoms with Crippen molar-refractivity contribution in [2.45, 2.75) is 27.3 Å². The lowest BCUT2D eigenvalue weighted by molar-refractivity contribution is 0.0445. The molecule has 6 nitrogen and oxygen atoms in total. The predicted molar refractivity (Wildman–Crippen MR) is 107 cm³/mol. The molecule has 3 aromatic heterocycles. The number of carbonyl (C=O) groups is 2. The number of Topliss-reactive ketones (excluding diaryl/α,β-unsaturated/α-hetero) is 1. The number of fused-ring (bicyclic) bond motifs is 1. The maximum atomic E-state index is 12.7. The number of aryl methyl sites for hydroxylation is 2. The van der Waals surface area contributed by atoms with Crippen LogP contribution in [0.3, 0.4) is 0 Å². The van der Waals surface area contributed by atoms with E-state index in [9.17, 15) is 9.59 Å². The van der Waals surface area contributed by atoms with Crippen LogP contribution in [0.25, 0.3) is 11.0 Å². The van der Waals surface area contributed by atoms with Gasteiger partial charge in [0.25, 0.3) is 0 Å². The molecule has 0 atom stereocenters. The number of hydrogen-bond donors (Lipinski definition) is 0. The van der Waals surface area contributed by atoms with E-state index in [1.54, 1.807) is 25.3 Å². The summed E-state index contributed by atoms with van der Waals surface area (Å²) in [7, 11) is 0. The Hall–Kier alpha value is -3.54. The Kier molecular flexibility index (Phi) is 4.84. The minimum absolute atomic E-state index is 0.127. The number of furan rings is 2. The molecule has 0 unspecified atom stereocenters. The summed E-state index contributed by atoms with van der Waals surface area (Å²) in [4.78, 5) is 25.1. The zero-order chi connectivity index (χ0) is 20.5. The van der Waals surface area contributed by atoms with Crippen LogP contribution in [0.5, 0.6) is 0 Å². The van der Waals surface area contributed by atoms with E-state index >= 15 is 0 Å². The zero-order valence-corrected chi connectivity index (χ0v) is 16.5. The van der Waals surface area contributed by atoms with Crippen LogP contribution < -0.4 is 0 Å². The maximum Gasteiger partial charge on any atom is 0.375 e. The van der Waals surface area contributed by atoms with Crippen LogP contribution in [0.4, 0.5) is 0 Å². The largest absolute Gasteiger partial charge is 0.467 e. The number of hydrogen-bond acceptors (Lipinski definition) is 5. The van der Waals surface area contributed by atoms with E-state index in [1.807, 2.05) is 48.7 Å². The highest BCUT2D eigenvalue weighted by atomic mass is 16.5. The first kappa shape index (κ1) is 18.8. The summed E-state index contributed by atoms with van der Waals surface area (Å²) in [6.07, 6.45) is 1.62. The summed E-state index contributed by atoms with van der Waals surface area (Å²) < 4.78 is 18.3. The Bertz CT molecular complexity index is 1190. The average Bonchev–Trinajstić information content (AvgIpc) is 3.42. The average molecular weight is 391 g/mol. The first-order valence-electron chi connectivity index (χ1n) is 9.33. The Morgan fingerprint density at radius 1 is 1.07 bits per heavy atom. The summed E-state index contributed by atoms with van der Waals surface area (Å²) in [5, 5.41) is 0.854. The van der Waals surface area contributed by atoms with Crippen LogP contribution in [0.15, 0.2) is 57.6 Å². The summed E-state index contributed by atoms with van der Waals surface area (Å²) in [5.41, 5.74) is 3.59. The summed E-state index contributed by atoms with van der Waals surface area (Å²) >= 11 is 0. The maximum absolute atomic E-state index is 12.7. The molecule has 0 saturated heterocycles. The van der Waals surface area contributed by atoms with Gasteiger partial charge in [-0.25, -0.2) is 4.79 Å². The van der Waals surface area contributed by atoms with Gasteiger partial charge < -0.3 is 18.1 Å². The quantitative estimate of drug-likeness (QED) is 0.347. The first-order chi connectivity index (χ1) is 14.0. The molecule has 0 spiro atoms. The second-order valence-electron chi connectivity index (χ2n) is 7.00. The number of ether oxygens (including phenoxy) is 1. The minimum Gasteiger partial charge on any atom is -0.467 e. The zero-order valence-electron chi connectivity index (χ0n) is 16.5. The standard InChI is InChI=1S/C23H21NO5/c1-14-11-19(16(3)24(14)12-17-7-6-10-27-17)20(25)13-28-23(26)22-15(2)18-8-4-5-9-21(18)29-22/h4-11H,12-13H2,1-3H3. The van der Waals surface area contributed by atoms with Crippen LogP contribution in [-0.2, 0) is 11.3 Å². The van der Waals surface area contributed by atoms with Crippen molar-refractivity contribution in [1.29, 1.82) is 0 Å². The number of para-hydroxylation sites is 1. The second kappa shape index (κ2) is 7.47. The van der Waals surface area contributed by atoms with Gasteiger partial charge in [-0.1, -0.05) is 18.2 Å². The van der Waals surface area contributed by atoms with E-state index in [2.05, 4.69) is 0 Å². The van der Waals surface area contributed by atoms with Gasteiger partial charge in [0.2, 0.25) is 11.5 Å². The normalized spacial score (nSPS) is 11.1. The Balaban J connectivity index is 1.48. The van der Waals surface area contributed by atoms with Crippen molar-refractivity contribution in [2.75, 3.05) is 6.61 Å². The predicted octanol–water partition coefficient (Wildman–Crippen LogP) is 4.84. The highest BCUT2D eigenvalue weighted by Crippen LogP contribution is 2.25. The monoisotopic (exact) mass is 391 g/mol. The smallest absolute Gasteiger partial charge is 0.375 e. The lowest BCUT2D eigenvalue weighted by Gasteiger charge is -2.08. The van der Waals surface area contributed by atoms with Gasteiger partial charge in [0.15, 0.2) is 6.61 Å². The van der Waals surface area contributed by atoms with Crippen LogP contribution in [0.1, 0.15) is 43.6 Å². The van der Waals surface area contributed by atoms with Crippen molar-refractivity contribution in [2.24, 2.45) is 0 Å². The molecule has 4 rings (SSSR count). The third kappa shape index (κ3) is 3.49. The summed E-state index contributed by atoms with van der Waals surface area (Å²) in [6.45, 7) is 5.79. The molecule has 148 valence electrons. The molecule has 3 heterocycles. The van der Waals surface area contributed by atoms with Gasteiger partial charge in [0.1, 0.15) is 11.3 Å². The van der Waals surface area contributed by atoms with Crippen molar-refractivity contribution >= 4 is 22.7 Å². The molecule has 0 radical (unpaired) electrons. The molecule has 0 aliphatic rings. The molecule has 1 aromatic carbocycles. The van der Waals surface area contributed by atoms with E-state index in [4.69, 9.17) is 13.6 Å². The molecule has 0 bridgehead atoms. The molecular weight excluding hydrogens is 370 g/mol. The van der Waals surface area contributed by atoms with E-state index in [0.717, 1.165) is 22.5 Å². The summed E-state index contributed by atoms with van der Waals surface area (Å²) in [6, 6.07) is 12.9. The first-order valence-corrected chi connectivity index (χ1v) is 9.33. The van der Waals surface area contributed by atoms with Crippen LogP contribution in [-0.4, -0.2) is 22.9 Å². The number of ketones is 1. The molecule has 0 amide bonds. The second-order valence-corrected chi connectivity index (χ2v) is 7.00. The summed E-state index contributed by atoms with van der Waals surface area (Å²) in [5.74, 6) is 0.0298. The Morgan fingerprint density at radius 3 is 2.59 bits per heavy atom. The van der Waals surface area contributed by atoms with Gasteiger partial charge >= 0.3 is 5.97 Å². The molecule has 4 aromatic rings. The molecule has 0 aliphatic carbocycles. The molecule has 6 heteroatoms. The molecular formula is C23H21NO5. The highest BCUT2D eigenvalue weighted by molar-refractivity contribution is 6.01. The van der Waals surface area contributed by atoms with E-state index in [0.29, 0.717) is 23.3 Å². The van der Waals surface area contributed by atoms with E-state index < -0.39 is 5.97 Å². The number of nitrogens with zero attached hydrogens (tertiary/aromatic N) is 1. The van der Waals surface area contributed by atoms with Gasteiger partial charge in [0, 0.05) is 27.9 Å².